The predicted octanol–water partition coefficient (Wildman–Crippen LogP) is 4.19. The minimum Gasteiger partial charge on any atom is -0.414 e. The van der Waals surface area contributed by atoms with Crippen molar-refractivity contribution in [3.8, 4) is 0 Å². The van der Waals surface area contributed by atoms with Crippen molar-refractivity contribution in [2.24, 2.45) is 0 Å². The van der Waals surface area contributed by atoms with Crippen molar-refractivity contribution in [3.63, 3.8) is 0 Å². The van der Waals surface area contributed by atoms with Gasteiger partial charge in [0.05, 0.1) is 6.10 Å². The topological polar surface area (TPSA) is 9.23 Å². The molecule has 0 aromatic rings. The summed E-state index contributed by atoms with van der Waals surface area (Å²) in [5.74, 6) is 0.612. The SMILES string of the molecule is CC(C)=CCCC(CCl)O[Si](C)(C)C. The molecular weight excluding hydrogens is 212 g/mol. The van der Waals surface area contributed by atoms with Crippen LogP contribution in [0.4, 0.5) is 0 Å². The molecule has 1 nitrogen and oxygen atoms in total. The molecule has 0 aliphatic carbocycles. The molecule has 0 radical (unpaired) electrons. The highest BCUT2D eigenvalue weighted by atomic mass is 35.5. The summed E-state index contributed by atoms with van der Waals surface area (Å²) < 4.78 is 5.95. The highest BCUT2D eigenvalue weighted by molar-refractivity contribution is 6.69. The lowest BCUT2D eigenvalue weighted by atomic mass is 10.2. The fourth-order valence-electron chi connectivity index (χ4n) is 1.23. The van der Waals surface area contributed by atoms with Crippen molar-refractivity contribution in [2.75, 3.05) is 5.88 Å². The Bertz CT molecular complexity index is 180. The van der Waals surface area contributed by atoms with E-state index in [-0.39, 0.29) is 6.10 Å². The van der Waals surface area contributed by atoms with Gasteiger partial charge in [-0.15, -0.1) is 11.6 Å². The van der Waals surface area contributed by atoms with Gasteiger partial charge in [0.15, 0.2) is 8.32 Å². The van der Waals surface area contributed by atoms with Gasteiger partial charge in [-0.2, -0.15) is 0 Å². The van der Waals surface area contributed by atoms with Crippen molar-refractivity contribution in [3.05, 3.63) is 11.6 Å². The Balaban J connectivity index is 3.86. The van der Waals surface area contributed by atoms with Gasteiger partial charge in [-0.3, -0.25) is 0 Å². The lowest BCUT2D eigenvalue weighted by molar-refractivity contribution is 0.208. The summed E-state index contributed by atoms with van der Waals surface area (Å²) in [6, 6.07) is 0. The number of alkyl halides is 1. The van der Waals surface area contributed by atoms with Crippen molar-refractivity contribution >= 4 is 19.9 Å². The Labute approximate surface area is 94.6 Å². The van der Waals surface area contributed by atoms with Gasteiger partial charge in [-0.1, -0.05) is 11.6 Å². The third-order valence-electron chi connectivity index (χ3n) is 1.73. The maximum atomic E-state index is 5.95. The van der Waals surface area contributed by atoms with E-state index in [1.807, 2.05) is 0 Å². The van der Waals surface area contributed by atoms with Crippen molar-refractivity contribution in [2.45, 2.75) is 52.4 Å². The second-order valence-corrected chi connectivity index (χ2v) is 9.63. The molecule has 0 fully saturated rings. The van der Waals surface area contributed by atoms with Gasteiger partial charge in [0.25, 0.3) is 0 Å². The summed E-state index contributed by atoms with van der Waals surface area (Å²) in [6.07, 6.45) is 4.59. The molecule has 0 rings (SSSR count). The molecule has 0 aliphatic rings. The maximum Gasteiger partial charge on any atom is 0.184 e. The molecule has 3 heteroatoms. The van der Waals surface area contributed by atoms with Crippen LogP contribution in [0.5, 0.6) is 0 Å². The molecule has 0 N–H and O–H groups in total. The highest BCUT2D eigenvalue weighted by Crippen LogP contribution is 2.13. The molecule has 0 amide bonds. The van der Waals surface area contributed by atoms with Crippen LogP contribution >= 0.6 is 11.6 Å². The van der Waals surface area contributed by atoms with E-state index in [0.717, 1.165) is 12.8 Å². The van der Waals surface area contributed by atoms with Crippen LogP contribution in [0.15, 0.2) is 11.6 Å². The average molecular weight is 235 g/mol. The van der Waals surface area contributed by atoms with Gasteiger partial charge in [-0.05, 0) is 46.3 Å². The van der Waals surface area contributed by atoms with E-state index in [2.05, 4.69) is 39.6 Å². The second-order valence-electron chi connectivity index (χ2n) is 4.87. The fraction of sp³-hybridized carbons (Fsp3) is 0.818. The van der Waals surface area contributed by atoms with Crippen LogP contribution in [-0.4, -0.2) is 20.3 Å². The summed E-state index contributed by atoms with van der Waals surface area (Å²) in [5, 5.41) is 0. The zero-order valence-electron chi connectivity index (χ0n) is 10.1. The molecule has 0 aliphatic heterocycles. The number of rotatable bonds is 6. The van der Waals surface area contributed by atoms with Crippen LogP contribution in [0.3, 0.4) is 0 Å². The van der Waals surface area contributed by atoms with E-state index in [1.165, 1.54) is 5.57 Å². The Morgan fingerprint density at radius 2 is 1.93 bits per heavy atom. The summed E-state index contributed by atoms with van der Waals surface area (Å²) >= 11 is 5.87. The standard InChI is InChI=1S/C11H23ClOSi/c1-10(2)7-6-8-11(9-12)13-14(3,4)5/h7,11H,6,8-9H2,1-5H3. The lowest BCUT2D eigenvalue weighted by Gasteiger charge is -2.24. The quantitative estimate of drug-likeness (QED) is 0.381. The Kier molecular flexibility index (Phi) is 6.74. The molecule has 1 atom stereocenters. The zero-order valence-corrected chi connectivity index (χ0v) is 11.8. The van der Waals surface area contributed by atoms with Gasteiger partial charge < -0.3 is 4.43 Å². The van der Waals surface area contributed by atoms with E-state index in [4.69, 9.17) is 16.0 Å². The summed E-state index contributed by atoms with van der Waals surface area (Å²) in [6.45, 7) is 10.8. The van der Waals surface area contributed by atoms with E-state index in [0.29, 0.717) is 5.88 Å². The Hall–Kier alpha value is 0.207. The normalized spacial score (nSPS) is 13.9. The van der Waals surface area contributed by atoms with Crippen molar-refractivity contribution < 1.29 is 4.43 Å². The molecule has 0 heterocycles. The first kappa shape index (κ1) is 14.2. The van der Waals surface area contributed by atoms with Crippen LogP contribution in [0.25, 0.3) is 0 Å². The minimum absolute atomic E-state index is 0.235. The molecule has 0 spiro atoms. The third kappa shape index (κ3) is 8.79. The Morgan fingerprint density at radius 1 is 1.36 bits per heavy atom. The minimum atomic E-state index is -1.42. The molecule has 0 bridgehead atoms. The predicted molar refractivity (Wildman–Crippen MR) is 67.6 cm³/mol. The summed E-state index contributed by atoms with van der Waals surface area (Å²) in [5.41, 5.74) is 1.37. The van der Waals surface area contributed by atoms with E-state index in [1.54, 1.807) is 0 Å². The molecule has 0 saturated heterocycles. The van der Waals surface area contributed by atoms with Crippen LogP contribution in [0.1, 0.15) is 26.7 Å². The van der Waals surface area contributed by atoms with Gasteiger partial charge in [0.1, 0.15) is 0 Å². The first-order valence-corrected chi connectivity index (χ1v) is 9.16. The molecule has 0 aromatic carbocycles. The monoisotopic (exact) mass is 234 g/mol. The fourth-order valence-corrected chi connectivity index (χ4v) is 2.75. The molecule has 14 heavy (non-hydrogen) atoms. The number of hydrogen-bond donors (Lipinski definition) is 0. The second kappa shape index (κ2) is 6.65. The van der Waals surface area contributed by atoms with Gasteiger partial charge in [-0.25, -0.2) is 0 Å². The van der Waals surface area contributed by atoms with E-state index in [9.17, 15) is 0 Å². The lowest BCUT2D eigenvalue weighted by Crippen LogP contribution is -2.32. The average Bonchev–Trinajstić information content (AvgIpc) is 1.99. The summed E-state index contributed by atoms with van der Waals surface area (Å²) in [7, 11) is -1.42. The summed E-state index contributed by atoms with van der Waals surface area (Å²) in [4.78, 5) is 0. The van der Waals surface area contributed by atoms with Crippen molar-refractivity contribution in [1.82, 2.24) is 0 Å². The third-order valence-corrected chi connectivity index (χ3v) is 3.12. The number of allylic oxidation sites excluding steroid dienone is 2. The van der Waals surface area contributed by atoms with E-state index < -0.39 is 8.32 Å². The first-order chi connectivity index (χ1) is 6.35. The molecule has 0 saturated carbocycles. The molecular formula is C11H23ClOSi. The number of hydrogen-bond acceptors (Lipinski definition) is 1. The van der Waals surface area contributed by atoms with Crippen LogP contribution in [0.2, 0.25) is 19.6 Å². The highest BCUT2D eigenvalue weighted by Gasteiger charge is 2.19. The molecule has 0 aromatic heterocycles. The zero-order chi connectivity index (χ0) is 11.2. The largest absolute Gasteiger partial charge is 0.414 e. The van der Waals surface area contributed by atoms with Gasteiger partial charge in [0.2, 0.25) is 0 Å². The molecule has 1 unspecified atom stereocenters. The van der Waals surface area contributed by atoms with Crippen molar-refractivity contribution in [1.29, 1.82) is 0 Å². The van der Waals surface area contributed by atoms with Crippen LogP contribution in [-0.2, 0) is 4.43 Å². The molecule has 84 valence electrons. The van der Waals surface area contributed by atoms with Gasteiger partial charge in [0, 0.05) is 5.88 Å². The van der Waals surface area contributed by atoms with E-state index >= 15 is 0 Å². The van der Waals surface area contributed by atoms with Crippen LogP contribution < -0.4 is 0 Å². The smallest absolute Gasteiger partial charge is 0.184 e. The van der Waals surface area contributed by atoms with Crippen LogP contribution in [0, 0.1) is 0 Å². The maximum absolute atomic E-state index is 5.95. The van der Waals surface area contributed by atoms with Gasteiger partial charge >= 0.3 is 0 Å². The Morgan fingerprint density at radius 3 is 2.29 bits per heavy atom. The number of halogens is 1. The first-order valence-electron chi connectivity index (χ1n) is 5.22.